The Bertz CT molecular complexity index is 759. The fourth-order valence-electron chi connectivity index (χ4n) is 2.38. The fourth-order valence-corrected chi connectivity index (χ4v) is 3.27. The van der Waals surface area contributed by atoms with Crippen LogP contribution in [0.15, 0.2) is 23.7 Å². The van der Waals surface area contributed by atoms with Gasteiger partial charge in [-0.05, 0) is 44.4 Å². The lowest BCUT2D eigenvalue weighted by molar-refractivity contribution is 0.0636. The number of hydrogen-bond donors (Lipinski definition) is 1. The quantitative estimate of drug-likeness (QED) is 0.883. The first-order valence-electron chi connectivity index (χ1n) is 7.57. The van der Waals surface area contributed by atoms with E-state index in [2.05, 4.69) is 22.4 Å². The Morgan fingerprint density at radius 1 is 1.43 bits per heavy atom. The van der Waals surface area contributed by atoms with Crippen molar-refractivity contribution in [2.24, 2.45) is 0 Å². The number of hydrogen-bond acceptors (Lipinski definition) is 5. The van der Waals surface area contributed by atoms with Gasteiger partial charge in [0.2, 0.25) is 0 Å². The number of amides is 1. The van der Waals surface area contributed by atoms with Gasteiger partial charge < -0.3 is 9.47 Å². The van der Waals surface area contributed by atoms with Crippen LogP contribution in [0.1, 0.15) is 32.8 Å². The molecule has 6 heteroatoms. The summed E-state index contributed by atoms with van der Waals surface area (Å²) in [6, 6.07) is 2.12. The van der Waals surface area contributed by atoms with Crippen LogP contribution in [0, 0.1) is 0 Å². The largest absolute Gasteiger partial charge is 0.444 e. The molecule has 1 amide bonds. The van der Waals surface area contributed by atoms with E-state index in [4.69, 9.17) is 9.47 Å². The molecule has 0 fully saturated rings. The minimum absolute atomic E-state index is 0.463. The Hall–Kier alpha value is -1.92. The molecule has 0 spiro atoms. The Morgan fingerprint density at radius 3 is 2.96 bits per heavy atom. The molecule has 0 saturated heterocycles. The number of anilines is 1. The van der Waals surface area contributed by atoms with Gasteiger partial charge in [-0.3, -0.25) is 10.3 Å². The first kappa shape index (κ1) is 16.0. The normalized spacial score (nSPS) is 15.3. The minimum atomic E-state index is -0.522. The van der Waals surface area contributed by atoms with Crippen LogP contribution in [0.2, 0.25) is 0 Å². The second-order valence-corrected chi connectivity index (χ2v) is 7.31. The van der Waals surface area contributed by atoms with E-state index in [-0.39, 0.29) is 0 Å². The maximum atomic E-state index is 11.9. The zero-order chi connectivity index (χ0) is 16.4. The van der Waals surface area contributed by atoms with Crippen LogP contribution in [0.3, 0.4) is 0 Å². The third-order valence-electron chi connectivity index (χ3n) is 3.38. The van der Waals surface area contributed by atoms with Crippen molar-refractivity contribution >= 4 is 38.9 Å². The predicted octanol–water partition coefficient (Wildman–Crippen LogP) is 4.45. The summed E-state index contributed by atoms with van der Waals surface area (Å²) in [5.41, 5.74) is 3.34. The summed E-state index contributed by atoms with van der Waals surface area (Å²) in [4.78, 5) is 16.4. The smallest absolute Gasteiger partial charge is 0.412 e. The van der Waals surface area contributed by atoms with Gasteiger partial charge in [-0.25, -0.2) is 4.79 Å². The summed E-state index contributed by atoms with van der Waals surface area (Å²) >= 11 is 1.56. The van der Waals surface area contributed by atoms with Crippen LogP contribution in [0.4, 0.5) is 10.5 Å². The molecule has 0 unspecified atom stereocenters. The number of thiophene rings is 1. The van der Waals surface area contributed by atoms with E-state index >= 15 is 0 Å². The van der Waals surface area contributed by atoms with Gasteiger partial charge >= 0.3 is 6.09 Å². The van der Waals surface area contributed by atoms with Crippen molar-refractivity contribution in [3.8, 4) is 0 Å². The lowest BCUT2D eigenvalue weighted by Crippen LogP contribution is -2.27. The highest BCUT2D eigenvalue weighted by Gasteiger charge is 2.18. The topological polar surface area (TPSA) is 60.5 Å². The van der Waals surface area contributed by atoms with E-state index in [0.717, 1.165) is 28.8 Å². The second-order valence-electron chi connectivity index (χ2n) is 6.40. The van der Waals surface area contributed by atoms with E-state index in [1.807, 2.05) is 32.3 Å². The van der Waals surface area contributed by atoms with Crippen molar-refractivity contribution in [2.45, 2.75) is 32.8 Å². The van der Waals surface area contributed by atoms with Crippen molar-refractivity contribution in [2.75, 3.05) is 18.5 Å². The third-order valence-corrected chi connectivity index (χ3v) is 4.30. The Kier molecular flexibility index (Phi) is 4.37. The monoisotopic (exact) mass is 332 g/mol. The van der Waals surface area contributed by atoms with Gasteiger partial charge in [-0.15, -0.1) is 11.3 Å². The SMILES string of the molecule is CC(C)(C)OC(=O)Nc1csc2cc(C3=CCOCC3)cnc12. The van der Waals surface area contributed by atoms with Crippen LogP contribution in [-0.2, 0) is 9.47 Å². The molecular formula is C17H20N2O3S. The maximum absolute atomic E-state index is 11.9. The van der Waals surface area contributed by atoms with Gasteiger partial charge in [0.15, 0.2) is 0 Å². The minimum Gasteiger partial charge on any atom is -0.444 e. The van der Waals surface area contributed by atoms with Crippen molar-refractivity contribution in [3.05, 3.63) is 29.3 Å². The zero-order valence-electron chi connectivity index (χ0n) is 13.5. The number of ether oxygens (including phenoxy) is 2. The van der Waals surface area contributed by atoms with E-state index in [1.54, 1.807) is 11.3 Å². The Labute approximate surface area is 139 Å². The Balaban J connectivity index is 1.81. The molecule has 0 radical (unpaired) electrons. The van der Waals surface area contributed by atoms with Crippen LogP contribution < -0.4 is 5.32 Å². The van der Waals surface area contributed by atoms with Crippen LogP contribution in [-0.4, -0.2) is 29.9 Å². The van der Waals surface area contributed by atoms with Crippen LogP contribution in [0.5, 0.6) is 0 Å². The molecule has 1 aliphatic rings. The van der Waals surface area contributed by atoms with Gasteiger partial charge in [0.05, 0.1) is 23.6 Å². The number of pyridine rings is 1. The molecule has 0 saturated carbocycles. The van der Waals surface area contributed by atoms with Crippen LogP contribution >= 0.6 is 11.3 Å². The van der Waals surface area contributed by atoms with Gasteiger partial charge in [-0.1, -0.05) is 6.08 Å². The van der Waals surface area contributed by atoms with Crippen molar-refractivity contribution in [1.29, 1.82) is 0 Å². The fraction of sp³-hybridized carbons (Fsp3) is 0.412. The lowest BCUT2D eigenvalue weighted by Gasteiger charge is -2.19. The number of rotatable bonds is 2. The molecule has 0 aromatic carbocycles. The van der Waals surface area contributed by atoms with Crippen molar-refractivity contribution in [3.63, 3.8) is 0 Å². The summed E-state index contributed by atoms with van der Waals surface area (Å²) in [5, 5.41) is 4.67. The number of aromatic nitrogens is 1. The average molecular weight is 332 g/mol. The summed E-state index contributed by atoms with van der Waals surface area (Å²) in [6.07, 6.45) is 4.39. The molecule has 0 bridgehead atoms. The molecule has 122 valence electrons. The number of nitrogens with zero attached hydrogens (tertiary/aromatic N) is 1. The highest BCUT2D eigenvalue weighted by molar-refractivity contribution is 7.17. The molecular weight excluding hydrogens is 312 g/mol. The third kappa shape index (κ3) is 3.89. The van der Waals surface area contributed by atoms with Crippen LogP contribution in [0.25, 0.3) is 15.8 Å². The number of nitrogens with one attached hydrogen (secondary N) is 1. The molecule has 3 rings (SSSR count). The number of fused-ring (bicyclic) bond motifs is 1. The predicted molar refractivity (Wildman–Crippen MR) is 92.9 cm³/mol. The second kappa shape index (κ2) is 6.29. The first-order valence-corrected chi connectivity index (χ1v) is 8.45. The molecule has 0 aliphatic carbocycles. The summed E-state index contributed by atoms with van der Waals surface area (Å²) in [7, 11) is 0. The molecule has 0 atom stereocenters. The lowest BCUT2D eigenvalue weighted by atomic mass is 10.0. The van der Waals surface area contributed by atoms with Gasteiger partial charge in [0, 0.05) is 11.6 Å². The first-order chi connectivity index (χ1) is 10.9. The summed E-state index contributed by atoms with van der Waals surface area (Å²) in [5.74, 6) is 0. The summed E-state index contributed by atoms with van der Waals surface area (Å²) < 4.78 is 11.7. The molecule has 2 aromatic heterocycles. The highest BCUT2D eigenvalue weighted by atomic mass is 32.1. The van der Waals surface area contributed by atoms with E-state index in [1.165, 1.54) is 5.57 Å². The van der Waals surface area contributed by atoms with E-state index in [9.17, 15) is 4.79 Å². The molecule has 1 aliphatic heterocycles. The standard InChI is InChI=1S/C17H20N2O3S/c1-17(2,3)22-16(20)19-13-10-23-14-8-12(9-18-15(13)14)11-4-6-21-7-5-11/h4,8-10H,5-7H2,1-3H3,(H,19,20). The zero-order valence-corrected chi connectivity index (χ0v) is 14.3. The van der Waals surface area contributed by atoms with Gasteiger partial charge in [0.25, 0.3) is 0 Å². The highest BCUT2D eigenvalue weighted by Crippen LogP contribution is 2.32. The van der Waals surface area contributed by atoms with Crippen molar-refractivity contribution in [1.82, 2.24) is 4.98 Å². The van der Waals surface area contributed by atoms with Gasteiger partial charge in [-0.2, -0.15) is 0 Å². The number of carbonyl (C=O) groups excluding carboxylic acids is 1. The Morgan fingerprint density at radius 2 is 2.26 bits per heavy atom. The maximum Gasteiger partial charge on any atom is 0.412 e. The van der Waals surface area contributed by atoms with E-state index in [0.29, 0.717) is 12.3 Å². The molecule has 5 nitrogen and oxygen atoms in total. The number of carbonyl (C=O) groups is 1. The summed E-state index contributed by atoms with van der Waals surface area (Å²) in [6.45, 7) is 6.92. The molecule has 3 heterocycles. The molecule has 23 heavy (non-hydrogen) atoms. The molecule has 2 aromatic rings. The van der Waals surface area contributed by atoms with Crippen molar-refractivity contribution < 1.29 is 14.3 Å². The molecule has 1 N–H and O–H groups in total. The van der Waals surface area contributed by atoms with Gasteiger partial charge in [0.1, 0.15) is 11.1 Å². The average Bonchev–Trinajstić information content (AvgIpc) is 2.88. The van der Waals surface area contributed by atoms with E-state index < -0.39 is 11.7 Å².